The van der Waals surface area contributed by atoms with E-state index in [9.17, 15) is 0 Å². The molecule has 3 unspecified atom stereocenters. The summed E-state index contributed by atoms with van der Waals surface area (Å²) in [5.74, 6) is 0. The first-order valence-electron chi connectivity index (χ1n) is 5.12. The molecule has 2 fully saturated rings. The van der Waals surface area contributed by atoms with E-state index in [2.05, 4.69) is 18.7 Å². The van der Waals surface area contributed by atoms with Gasteiger partial charge in [-0.25, -0.2) is 0 Å². The molecule has 1 heteroatoms. The highest BCUT2D eigenvalue weighted by molar-refractivity contribution is 5.02. The van der Waals surface area contributed by atoms with Crippen molar-refractivity contribution in [2.24, 2.45) is 0 Å². The average Bonchev–Trinajstić information content (AvgIpc) is 2.53. The SMILES string of the molecule is CCC1C(C)N1C1CCCC1. The van der Waals surface area contributed by atoms with Crippen LogP contribution >= 0.6 is 0 Å². The molecule has 0 radical (unpaired) electrons. The van der Waals surface area contributed by atoms with E-state index < -0.39 is 0 Å². The van der Waals surface area contributed by atoms with Crippen molar-refractivity contribution in [2.45, 2.75) is 64.1 Å². The van der Waals surface area contributed by atoms with Gasteiger partial charge in [0.15, 0.2) is 0 Å². The van der Waals surface area contributed by atoms with Crippen molar-refractivity contribution in [1.29, 1.82) is 0 Å². The van der Waals surface area contributed by atoms with Crippen molar-refractivity contribution >= 4 is 0 Å². The molecule has 0 aromatic carbocycles. The second kappa shape index (κ2) is 2.78. The number of rotatable bonds is 2. The first kappa shape index (κ1) is 7.60. The van der Waals surface area contributed by atoms with Crippen LogP contribution in [0.4, 0.5) is 0 Å². The summed E-state index contributed by atoms with van der Waals surface area (Å²) in [6, 6.07) is 2.82. The van der Waals surface area contributed by atoms with Crippen LogP contribution in [-0.2, 0) is 0 Å². The molecule has 1 saturated heterocycles. The Bertz CT molecular complexity index is 138. The van der Waals surface area contributed by atoms with Gasteiger partial charge in [0.05, 0.1) is 0 Å². The zero-order valence-electron chi connectivity index (χ0n) is 7.71. The fourth-order valence-corrected chi connectivity index (χ4v) is 2.80. The van der Waals surface area contributed by atoms with E-state index in [0.29, 0.717) is 0 Å². The summed E-state index contributed by atoms with van der Waals surface area (Å²) < 4.78 is 0. The van der Waals surface area contributed by atoms with Gasteiger partial charge < -0.3 is 0 Å². The monoisotopic (exact) mass is 153 g/mol. The minimum atomic E-state index is 0.906. The van der Waals surface area contributed by atoms with Crippen LogP contribution in [0.5, 0.6) is 0 Å². The molecule has 1 aliphatic heterocycles. The number of hydrogen-bond acceptors (Lipinski definition) is 1. The molecule has 0 spiro atoms. The highest BCUT2D eigenvalue weighted by Crippen LogP contribution is 2.39. The molecular weight excluding hydrogens is 134 g/mol. The molecule has 2 aliphatic rings. The zero-order valence-corrected chi connectivity index (χ0v) is 7.71. The van der Waals surface area contributed by atoms with Crippen LogP contribution in [0.25, 0.3) is 0 Å². The van der Waals surface area contributed by atoms with Crippen molar-refractivity contribution in [3.63, 3.8) is 0 Å². The Morgan fingerprint density at radius 1 is 1.27 bits per heavy atom. The summed E-state index contributed by atoms with van der Waals surface area (Å²) in [4.78, 5) is 2.73. The first-order valence-corrected chi connectivity index (χ1v) is 5.12. The van der Waals surface area contributed by atoms with Crippen molar-refractivity contribution in [3.05, 3.63) is 0 Å². The van der Waals surface area contributed by atoms with E-state index in [1.807, 2.05) is 0 Å². The molecule has 3 atom stereocenters. The summed E-state index contributed by atoms with van der Waals surface area (Å²) in [5, 5.41) is 0. The van der Waals surface area contributed by atoms with E-state index >= 15 is 0 Å². The normalized spacial score (nSPS) is 44.7. The smallest absolute Gasteiger partial charge is 0.0252 e. The molecule has 1 nitrogen and oxygen atoms in total. The second-order valence-electron chi connectivity index (χ2n) is 4.10. The molecule has 0 bridgehead atoms. The molecule has 1 aliphatic carbocycles. The number of hydrogen-bond donors (Lipinski definition) is 0. The molecular formula is C10H19N. The summed E-state index contributed by atoms with van der Waals surface area (Å²) in [7, 11) is 0. The Balaban J connectivity index is 1.87. The van der Waals surface area contributed by atoms with E-state index in [-0.39, 0.29) is 0 Å². The summed E-state index contributed by atoms with van der Waals surface area (Å²) in [6.07, 6.45) is 7.26. The Labute approximate surface area is 69.8 Å². The zero-order chi connectivity index (χ0) is 7.84. The Hall–Kier alpha value is -0.0400. The maximum absolute atomic E-state index is 2.73. The molecule has 0 amide bonds. The lowest BCUT2D eigenvalue weighted by atomic mass is 10.2. The van der Waals surface area contributed by atoms with Gasteiger partial charge in [-0.15, -0.1) is 0 Å². The second-order valence-corrected chi connectivity index (χ2v) is 4.10. The molecule has 1 saturated carbocycles. The van der Waals surface area contributed by atoms with Gasteiger partial charge in [0.1, 0.15) is 0 Å². The minimum absolute atomic E-state index is 0.906. The van der Waals surface area contributed by atoms with Gasteiger partial charge in [0.25, 0.3) is 0 Å². The minimum Gasteiger partial charge on any atom is -0.292 e. The third-order valence-electron chi connectivity index (χ3n) is 3.48. The van der Waals surface area contributed by atoms with Crippen molar-refractivity contribution < 1.29 is 0 Å². The van der Waals surface area contributed by atoms with Crippen molar-refractivity contribution in [2.75, 3.05) is 0 Å². The Kier molecular flexibility index (Phi) is 1.92. The average molecular weight is 153 g/mol. The van der Waals surface area contributed by atoms with E-state index in [0.717, 1.165) is 18.1 Å². The summed E-state index contributed by atoms with van der Waals surface area (Å²) in [6.45, 7) is 4.70. The topological polar surface area (TPSA) is 3.01 Å². The van der Waals surface area contributed by atoms with Crippen molar-refractivity contribution in [3.8, 4) is 0 Å². The third kappa shape index (κ3) is 1.20. The largest absolute Gasteiger partial charge is 0.292 e. The van der Waals surface area contributed by atoms with Crippen LogP contribution < -0.4 is 0 Å². The van der Waals surface area contributed by atoms with Crippen molar-refractivity contribution in [1.82, 2.24) is 4.90 Å². The Morgan fingerprint density at radius 3 is 2.36 bits per heavy atom. The van der Waals surface area contributed by atoms with Gasteiger partial charge in [-0.1, -0.05) is 19.8 Å². The van der Waals surface area contributed by atoms with E-state index in [1.165, 1.54) is 32.1 Å². The predicted octanol–water partition coefficient (Wildman–Crippen LogP) is 2.41. The van der Waals surface area contributed by atoms with E-state index in [4.69, 9.17) is 0 Å². The van der Waals surface area contributed by atoms with Crippen LogP contribution in [0.3, 0.4) is 0 Å². The van der Waals surface area contributed by atoms with Gasteiger partial charge in [0, 0.05) is 18.1 Å². The van der Waals surface area contributed by atoms with Crippen LogP contribution in [0.2, 0.25) is 0 Å². The van der Waals surface area contributed by atoms with Crippen LogP contribution in [-0.4, -0.2) is 23.0 Å². The standard InChI is InChI=1S/C10H19N/c1-3-10-8(2)11(10)9-6-4-5-7-9/h8-10H,3-7H2,1-2H3. The molecule has 1 heterocycles. The number of nitrogens with zero attached hydrogens (tertiary/aromatic N) is 1. The van der Waals surface area contributed by atoms with Crippen LogP contribution in [0, 0.1) is 0 Å². The molecule has 0 aromatic rings. The maximum atomic E-state index is 2.73. The molecule has 2 rings (SSSR count). The fourth-order valence-electron chi connectivity index (χ4n) is 2.80. The molecule has 64 valence electrons. The third-order valence-corrected chi connectivity index (χ3v) is 3.48. The summed E-state index contributed by atoms with van der Waals surface area (Å²) in [5.41, 5.74) is 0. The lowest BCUT2D eigenvalue weighted by Gasteiger charge is -2.11. The first-order chi connectivity index (χ1) is 5.34. The van der Waals surface area contributed by atoms with Gasteiger partial charge >= 0.3 is 0 Å². The molecule has 0 aromatic heterocycles. The highest BCUT2D eigenvalue weighted by atomic mass is 15.4. The maximum Gasteiger partial charge on any atom is 0.0252 e. The fraction of sp³-hybridized carbons (Fsp3) is 1.00. The highest BCUT2D eigenvalue weighted by Gasteiger charge is 2.46. The van der Waals surface area contributed by atoms with Crippen LogP contribution in [0.1, 0.15) is 46.0 Å². The van der Waals surface area contributed by atoms with Gasteiger partial charge in [-0.2, -0.15) is 0 Å². The van der Waals surface area contributed by atoms with Crippen LogP contribution in [0.15, 0.2) is 0 Å². The Morgan fingerprint density at radius 2 is 1.91 bits per heavy atom. The predicted molar refractivity (Wildman–Crippen MR) is 47.6 cm³/mol. The molecule has 0 N–H and O–H groups in total. The molecule has 11 heavy (non-hydrogen) atoms. The summed E-state index contributed by atoms with van der Waals surface area (Å²) >= 11 is 0. The quantitative estimate of drug-likeness (QED) is 0.550. The lowest BCUT2D eigenvalue weighted by molar-refractivity contribution is 0.356. The lowest BCUT2D eigenvalue weighted by Crippen LogP contribution is -2.16. The van der Waals surface area contributed by atoms with Gasteiger partial charge in [0.2, 0.25) is 0 Å². The van der Waals surface area contributed by atoms with Gasteiger partial charge in [-0.05, 0) is 26.2 Å². The van der Waals surface area contributed by atoms with E-state index in [1.54, 1.807) is 0 Å². The van der Waals surface area contributed by atoms with Gasteiger partial charge in [-0.3, -0.25) is 4.90 Å².